The molecule has 26 heavy (non-hydrogen) atoms. The lowest BCUT2D eigenvalue weighted by Gasteiger charge is -2.18. The number of aliphatic hydroxyl groups is 1. The molecule has 0 saturated heterocycles. The summed E-state index contributed by atoms with van der Waals surface area (Å²) in [5, 5.41) is 21.4. The standard InChI is InChI=1S/C18H16F3NO4/c19-18(20,21)13-8-6-12(7-9-13)15(23)16(24)22-14(17(25)26)10-11-4-2-1-3-5-11/h1-9,14-15,23H,10H2,(H,22,24)(H,25,26)/t14-,15+/m0/s1. The van der Waals surface area contributed by atoms with Gasteiger partial charge in [0, 0.05) is 6.42 Å². The predicted molar refractivity (Wildman–Crippen MR) is 86.1 cm³/mol. The van der Waals surface area contributed by atoms with Gasteiger partial charge in [-0.25, -0.2) is 4.79 Å². The summed E-state index contributed by atoms with van der Waals surface area (Å²) in [6.07, 6.45) is -6.31. The van der Waals surface area contributed by atoms with E-state index in [1.807, 2.05) is 0 Å². The predicted octanol–water partition coefficient (Wildman–Crippen LogP) is 2.55. The number of benzene rings is 2. The first kappa shape index (κ1) is 19.5. The Bertz CT molecular complexity index is 760. The van der Waals surface area contributed by atoms with E-state index in [0.29, 0.717) is 5.56 Å². The number of carbonyl (C=O) groups excluding carboxylic acids is 1. The fourth-order valence-corrected chi connectivity index (χ4v) is 2.31. The van der Waals surface area contributed by atoms with Crippen LogP contribution in [-0.4, -0.2) is 28.1 Å². The van der Waals surface area contributed by atoms with Crippen molar-refractivity contribution in [2.24, 2.45) is 0 Å². The molecule has 8 heteroatoms. The van der Waals surface area contributed by atoms with Crippen molar-refractivity contribution in [2.45, 2.75) is 24.7 Å². The SMILES string of the molecule is O=C(O)[C@H](Cc1ccccc1)NC(=O)[C@H](O)c1ccc(C(F)(F)F)cc1. The Kier molecular flexibility index (Phi) is 5.99. The Hall–Kier alpha value is -2.87. The molecule has 0 bridgehead atoms. The molecule has 0 aliphatic carbocycles. The third-order valence-electron chi connectivity index (χ3n) is 3.70. The van der Waals surface area contributed by atoms with Gasteiger partial charge in [0.15, 0.2) is 6.10 Å². The summed E-state index contributed by atoms with van der Waals surface area (Å²) in [6, 6.07) is 10.7. The van der Waals surface area contributed by atoms with Gasteiger partial charge >= 0.3 is 12.1 Å². The summed E-state index contributed by atoms with van der Waals surface area (Å²) in [7, 11) is 0. The van der Waals surface area contributed by atoms with Crippen LogP contribution in [0.5, 0.6) is 0 Å². The van der Waals surface area contributed by atoms with Crippen molar-refractivity contribution < 1.29 is 33.0 Å². The van der Waals surface area contributed by atoms with Gasteiger partial charge in [0.2, 0.25) is 0 Å². The van der Waals surface area contributed by atoms with Crippen LogP contribution >= 0.6 is 0 Å². The van der Waals surface area contributed by atoms with Gasteiger partial charge in [-0.3, -0.25) is 4.79 Å². The smallest absolute Gasteiger partial charge is 0.416 e. The summed E-state index contributed by atoms with van der Waals surface area (Å²) >= 11 is 0. The number of carboxylic acids is 1. The number of carbonyl (C=O) groups is 2. The van der Waals surface area contributed by atoms with Gasteiger partial charge < -0.3 is 15.5 Å². The van der Waals surface area contributed by atoms with Crippen LogP contribution in [0.4, 0.5) is 13.2 Å². The number of aliphatic hydroxyl groups excluding tert-OH is 1. The highest BCUT2D eigenvalue weighted by atomic mass is 19.4. The number of alkyl halides is 3. The quantitative estimate of drug-likeness (QED) is 0.732. The molecule has 0 spiro atoms. The Morgan fingerprint density at radius 1 is 1.00 bits per heavy atom. The van der Waals surface area contributed by atoms with E-state index in [0.717, 1.165) is 24.3 Å². The molecule has 5 nitrogen and oxygen atoms in total. The highest BCUT2D eigenvalue weighted by molar-refractivity contribution is 5.87. The van der Waals surface area contributed by atoms with Gasteiger partial charge in [-0.05, 0) is 23.3 Å². The highest BCUT2D eigenvalue weighted by Gasteiger charge is 2.31. The number of hydrogen-bond acceptors (Lipinski definition) is 3. The maximum atomic E-state index is 12.5. The lowest BCUT2D eigenvalue weighted by atomic mass is 10.0. The van der Waals surface area contributed by atoms with Crippen molar-refractivity contribution in [1.82, 2.24) is 5.32 Å². The van der Waals surface area contributed by atoms with Gasteiger partial charge in [-0.2, -0.15) is 13.2 Å². The molecule has 0 radical (unpaired) electrons. The first-order chi connectivity index (χ1) is 12.2. The molecule has 2 rings (SSSR count). The van der Waals surface area contributed by atoms with Crippen LogP contribution in [0.3, 0.4) is 0 Å². The van der Waals surface area contributed by atoms with Gasteiger partial charge in [0.1, 0.15) is 6.04 Å². The van der Waals surface area contributed by atoms with Gasteiger partial charge in [-0.1, -0.05) is 42.5 Å². The monoisotopic (exact) mass is 367 g/mol. The molecule has 2 aromatic rings. The molecule has 2 aromatic carbocycles. The molecule has 0 aliphatic rings. The summed E-state index contributed by atoms with van der Waals surface area (Å²) in [6.45, 7) is 0. The van der Waals surface area contributed by atoms with Crippen LogP contribution in [-0.2, 0) is 22.2 Å². The van der Waals surface area contributed by atoms with E-state index in [4.69, 9.17) is 0 Å². The van der Waals surface area contributed by atoms with Crippen LogP contribution in [0, 0.1) is 0 Å². The van der Waals surface area contributed by atoms with E-state index in [2.05, 4.69) is 5.32 Å². The number of nitrogens with one attached hydrogen (secondary N) is 1. The largest absolute Gasteiger partial charge is 0.480 e. The van der Waals surface area contributed by atoms with Crippen molar-refractivity contribution in [3.05, 3.63) is 71.3 Å². The zero-order valence-corrected chi connectivity index (χ0v) is 13.4. The number of aliphatic carboxylic acids is 1. The number of amides is 1. The van der Waals surface area contributed by atoms with Gasteiger partial charge in [0.25, 0.3) is 5.91 Å². The minimum absolute atomic E-state index is 0.00163. The maximum absolute atomic E-state index is 12.5. The molecule has 0 fully saturated rings. The molecule has 1 amide bonds. The second kappa shape index (κ2) is 8.01. The summed E-state index contributed by atoms with van der Waals surface area (Å²) < 4.78 is 37.6. The summed E-state index contributed by atoms with van der Waals surface area (Å²) in [4.78, 5) is 23.4. The third kappa shape index (κ3) is 5.06. The lowest BCUT2D eigenvalue weighted by molar-refractivity contribution is -0.143. The number of rotatable bonds is 6. The maximum Gasteiger partial charge on any atom is 0.416 e. The Labute approximate surface area is 147 Å². The molecule has 0 unspecified atom stereocenters. The van der Waals surface area contributed by atoms with E-state index in [1.165, 1.54) is 0 Å². The fraction of sp³-hybridized carbons (Fsp3) is 0.222. The summed E-state index contributed by atoms with van der Waals surface area (Å²) in [5.41, 5.74) is -0.315. The van der Waals surface area contributed by atoms with Crippen molar-refractivity contribution in [2.75, 3.05) is 0 Å². The summed E-state index contributed by atoms with van der Waals surface area (Å²) in [5.74, 6) is -2.30. The molecular weight excluding hydrogens is 351 g/mol. The molecular formula is C18H16F3NO4. The Morgan fingerprint density at radius 2 is 1.58 bits per heavy atom. The molecule has 3 N–H and O–H groups in total. The van der Waals surface area contributed by atoms with Crippen LogP contribution in [0.1, 0.15) is 22.8 Å². The molecule has 0 heterocycles. The minimum Gasteiger partial charge on any atom is -0.480 e. The third-order valence-corrected chi connectivity index (χ3v) is 3.70. The van der Waals surface area contributed by atoms with E-state index in [1.54, 1.807) is 30.3 Å². The van der Waals surface area contributed by atoms with Crippen molar-refractivity contribution >= 4 is 11.9 Å². The average Bonchev–Trinajstić information content (AvgIpc) is 2.60. The fourth-order valence-electron chi connectivity index (χ4n) is 2.31. The first-order valence-electron chi connectivity index (χ1n) is 7.61. The number of halogens is 3. The van der Waals surface area contributed by atoms with Crippen molar-refractivity contribution in [3.8, 4) is 0 Å². The zero-order valence-electron chi connectivity index (χ0n) is 13.4. The molecule has 0 saturated carbocycles. The number of hydrogen-bond donors (Lipinski definition) is 3. The first-order valence-corrected chi connectivity index (χ1v) is 7.61. The van der Waals surface area contributed by atoms with Crippen molar-refractivity contribution in [1.29, 1.82) is 0 Å². The number of carboxylic acid groups (broad SMARTS) is 1. The Morgan fingerprint density at radius 3 is 2.08 bits per heavy atom. The van der Waals surface area contributed by atoms with Crippen molar-refractivity contribution in [3.63, 3.8) is 0 Å². The van der Waals surface area contributed by atoms with Crippen LogP contribution in [0.25, 0.3) is 0 Å². The van der Waals surface area contributed by atoms with Gasteiger partial charge in [0.05, 0.1) is 5.56 Å². The Balaban J connectivity index is 2.07. The molecule has 2 atom stereocenters. The molecule has 0 aliphatic heterocycles. The van der Waals surface area contributed by atoms with E-state index in [-0.39, 0.29) is 12.0 Å². The minimum atomic E-state index is -4.53. The lowest BCUT2D eigenvalue weighted by Crippen LogP contribution is -2.44. The second-order valence-electron chi connectivity index (χ2n) is 5.61. The average molecular weight is 367 g/mol. The van der Waals surface area contributed by atoms with Gasteiger partial charge in [-0.15, -0.1) is 0 Å². The van der Waals surface area contributed by atoms with Crippen LogP contribution in [0.2, 0.25) is 0 Å². The normalized spacial score (nSPS) is 13.7. The van der Waals surface area contributed by atoms with Crippen LogP contribution < -0.4 is 5.32 Å². The second-order valence-corrected chi connectivity index (χ2v) is 5.61. The zero-order chi connectivity index (χ0) is 19.3. The van der Waals surface area contributed by atoms with E-state index < -0.39 is 35.8 Å². The highest BCUT2D eigenvalue weighted by Crippen LogP contribution is 2.30. The van der Waals surface area contributed by atoms with E-state index in [9.17, 15) is 33.0 Å². The molecule has 138 valence electrons. The molecule has 0 aromatic heterocycles. The van der Waals surface area contributed by atoms with Crippen LogP contribution in [0.15, 0.2) is 54.6 Å². The topological polar surface area (TPSA) is 86.6 Å². The van der Waals surface area contributed by atoms with E-state index >= 15 is 0 Å².